The third kappa shape index (κ3) is 3.62. The molecule has 3 heterocycles. The molecule has 3 aliphatic rings. The van der Waals surface area contributed by atoms with Crippen LogP contribution in [0.2, 0.25) is 10.0 Å². The summed E-state index contributed by atoms with van der Waals surface area (Å²) in [7, 11) is -3.13. The maximum absolute atomic E-state index is 12.4. The second kappa shape index (κ2) is 6.98. The molecule has 10 heteroatoms. The highest BCUT2D eigenvalue weighted by Gasteiger charge is 2.49. The van der Waals surface area contributed by atoms with Crippen LogP contribution in [-0.2, 0) is 19.4 Å². The fourth-order valence-corrected chi connectivity index (χ4v) is 7.92. The van der Waals surface area contributed by atoms with Gasteiger partial charge in [-0.15, -0.1) is 0 Å². The first kappa shape index (κ1) is 18.6. The van der Waals surface area contributed by atoms with E-state index in [1.54, 1.807) is 23.1 Å². The van der Waals surface area contributed by atoms with Crippen molar-refractivity contribution < 1.29 is 17.9 Å². The SMILES string of the molecule is O=C(N=C1S[C@@H]2CS(=O)(=O)C[C@H]2N1c1cc(Cl)cc(Cl)c1)[C@H]1CCCO1. The maximum atomic E-state index is 12.4. The van der Waals surface area contributed by atoms with E-state index >= 15 is 0 Å². The van der Waals surface area contributed by atoms with Crippen LogP contribution in [0.25, 0.3) is 0 Å². The van der Waals surface area contributed by atoms with Gasteiger partial charge in [0.1, 0.15) is 6.10 Å². The van der Waals surface area contributed by atoms with Crippen LogP contribution < -0.4 is 4.90 Å². The van der Waals surface area contributed by atoms with E-state index in [2.05, 4.69) is 4.99 Å². The van der Waals surface area contributed by atoms with Gasteiger partial charge in [0.25, 0.3) is 5.91 Å². The summed E-state index contributed by atoms with van der Waals surface area (Å²) >= 11 is 13.6. The van der Waals surface area contributed by atoms with Gasteiger partial charge in [-0.1, -0.05) is 35.0 Å². The van der Waals surface area contributed by atoms with Crippen LogP contribution in [0.1, 0.15) is 12.8 Å². The van der Waals surface area contributed by atoms with Crippen LogP contribution in [0.4, 0.5) is 5.69 Å². The molecule has 0 aliphatic carbocycles. The predicted octanol–water partition coefficient (Wildman–Crippen LogP) is 2.77. The number of nitrogens with zero attached hydrogens (tertiary/aromatic N) is 2. The Hall–Kier alpha value is -0.800. The van der Waals surface area contributed by atoms with Crippen LogP contribution >= 0.6 is 35.0 Å². The molecule has 1 aromatic carbocycles. The van der Waals surface area contributed by atoms with Crippen molar-refractivity contribution in [2.75, 3.05) is 23.0 Å². The number of thioether (sulfide) groups is 1. The summed E-state index contributed by atoms with van der Waals surface area (Å²) in [6.07, 6.45) is 0.979. The fourth-order valence-electron chi connectivity index (χ4n) is 3.48. The van der Waals surface area contributed by atoms with Gasteiger partial charge in [0, 0.05) is 27.6 Å². The standard InChI is InChI=1S/C16H16Cl2N2O4S2/c17-9-4-10(18)6-11(5-9)20-12-7-26(22,23)8-14(12)25-16(20)19-15(21)13-2-1-3-24-13/h4-6,12-14H,1-3,7-8H2/t12-,13-,14-/m1/s1. The van der Waals surface area contributed by atoms with Gasteiger partial charge < -0.3 is 9.64 Å². The average molecular weight is 435 g/mol. The molecule has 1 aromatic rings. The highest BCUT2D eigenvalue weighted by Crippen LogP contribution is 2.42. The zero-order chi connectivity index (χ0) is 18.5. The summed E-state index contributed by atoms with van der Waals surface area (Å²) in [4.78, 5) is 18.5. The molecule has 26 heavy (non-hydrogen) atoms. The van der Waals surface area contributed by atoms with Crippen molar-refractivity contribution in [3.8, 4) is 0 Å². The number of halogens is 2. The van der Waals surface area contributed by atoms with Crippen LogP contribution in [0.3, 0.4) is 0 Å². The summed E-state index contributed by atoms with van der Waals surface area (Å²) in [5.74, 6) is -0.242. The van der Waals surface area contributed by atoms with Gasteiger partial charge in [0.15, 0.2) is 15.0 Å². The quantitative estimate of drug-likeness (QED) is 0.711. The molecule has 3 atom stereocenters. The van der Waals surface area contributed by atoms with E-state index in [9.17, 15) is 13.2 Å². The van der Waals surface area contributed by atoms with Crippen molar-refractivity contribution in [2.24, 2.45) is 4.99 Å². The first-order valence-corrected chi connectivity index (χ1v) is 11.6. The van der Waals surface area contributed by atoms with Crippen molar-refractivity contribution >= 4 is 61.6 Å². The molecule has 0 N–H and O–H groups in total. The van der Waals surface area contributed by atoms with Gasteiger partial charge in [0.05, 0.1) is 17.5 Å². The van der Waals surface area contributed by atoms with Crippen LogP contribution in [0.5, 0.6) is 0 Å². The first-order valence-electron chi connectivity index (χ1n) is 8.19. The lowest BCUT2D eigenvalue weighted by Crippen LogP contribution is -2.38. The molecular weight excluding hydrogens is 419 g/mol. The molecule has 3 aliphatic heterocycles. The number of amidine groups is 1. The van der Waals surface area contributed by atoms with Gasteiger partial charge in [-0.05, 0) is 31.0 Å². The number of carbonyl (C=O) groups is 1. The number of carbonyl (C=O) groups excluding carboxylic acids is 1. The van der Waals surface area contributed by atoms with E-state index < -0.39 is 15.9 Å². The number of ether oxygens (including phenoxy) is 1. The Bertz CT molecular complexity index is 864. The van der Waals surface area contributed by atoms with Gasteiger partial charge in [-0.25, -0.2) is 8.42 Å². The molecule has 3 fully saturated rings. The van der Waals surface area contributed by atoms with Gasteiger partial charge in [0.2, 0.25) is 0 Å². The average Bonchev–Trinajstić information content (AvgIpc) is 3.20. The zero-order valence-corrected chi connectivity index (χ0v) is 16.7. The number of amides is 1. The van der Waals surface area contributed by atoms with E-state index in [0.29, 0.717) is 33.9 Å². The molecule has 0 radical (unpaired) electrons. The van der Waals surface area contributed by atoms with E-state index in [-0.39, 0.29) is 28.7 Å². The number of benzene rings is 1. The highest BCUT2D eigenvalue weighted by molar-refractivity contribution is 8.16. The smallest absolute Gasteiger partial charge is 0.277 e. The minimum atomic E-state index is -3.13. The summed E-state index contributed by atoms with van der Waals surface area (Å²) in [5.41, 5.74) is 0.637. The molecule has 0 unspecified atom stereocenters. The molecule has 6 nitrogen and oxygen atoms in total. The van der Waals surface area contributed by atoms with Gasteiger partial charge in [-0.3, -0.25) is 4.79 Å². The lowest BCUT2D eigenvalue weighted by molar-refractivity contribution is -0.126. The summed E-state index contributed by atoms with van der Waals surface area (Å²) < 4.78 is 29.6. The highest BCUT2D eigenvalue weighted by atomic mass is 35.5. The van der Waals surface area contributed by atoms with Crippen LogP contribution in [0, 0.1) is 0 Å². The predicted molar refractivity (Wildman–Crippen MR) is 104 cm³/mol. The van der Waals surface area contributed by atoms with Gasteiger partial charge >= 0.3 is 0 Å². The summed E-state index contributed by atoms with van der Waals surface area (Å²) in [6.45, 7) is 0.561. The molecule has 140 valence electrons. The van der Waals surface area contributed by atoms with Crippen molar-refractivity contribution in [1.29, 1.82) is 0 Å². The summed E-state index contributed by atoms with van der Waals surface area (Å²) in [5, 5.41) is 1.18. The van der Waals surface area contributed by atoms with Crippen molar-refractivity contribution in [2.45, 2.75) is 30.2 Å². The largest absolute Gasteiger partial charge is 0.368 e. The zero-order valence-electron chi connectivity index (χ0n) is 13.6. The molecule has 4 rings (SSSR count). The van der Waals surface area contributed by atoms with Crippen molar-refractivity contribution in [3.05, 3.63) is 28.2 Å². The molecule has 0 spiro atoms. The number of aliphatic imine (C=N–C) groups is 1. The molecular formula is C16H16Cl2N2O4S2. The normalized spacial score (nSPS) is 31.5. The second-order valence-electron chi connectivity index (χ2n) is 6.53. The topological polar surface area (TPSA) is 76.0 Å². The Morgan fingerprint density at radius 3 is 2.62 bits per heavy atom. The van der Waals surface area contributed by atoms with Crippen LogP contribution in [0.15, 0.2) is 23.2 Å². The van der Waals surface area contributed by atoms with Crippen LogP contribution in [-0.4, -0.2) is 55.0 Å². The van der Waals surface area contributed by atoms with E-state index in [4.69, 9.17) is 27.9 Å². The Labute approximate surface area is 165 Å². The minimum absolute atomic E-state index is 0.0158. The Morgan fingerprint density at radius 2 is 1.96 bits per heavy atom. The first-order chi connectivity index (χ1) is 12.3. The van der Waals surface area contributed by atoms with E-state index in [1.807, 2.05) is 0 Å². The van der Waals surface area contributed by atoms with Crippen molar-refractivity contribution in [1.82, 2.24) is 0 Å². The molecule has 0 aromatic heterocycles. The van der Waals surface area contributed by atoms with E-state index in [0.717, 1.165) is 6.42 Å². The minimum Gasteiger partial charge on any atom is -0.368 e. The molecule has 0 saturated carbocycles. The number of hydrogen-bond acceptors (Lipinski definition) is 5. The number of hydrogen-bond donors (Lipinski definition) is 0. The maximum Gasteiger partial charge on any atom is 0.277 e. The molecule has 3 saturated heterocycles. The molecule has 1 amide bonds. The van der Waals surface area contributed by atoms with Crippen molar-refractivity contribution in [3.63, 3.8) is 0 Å². The number of rotatable bonds is 2. The lowest BCUT2D eigenvalue weighted by Gasteiger charge is -2.25. The molecule has 0 bridgehead atoms. The number of sulfone groups is 1. The third-order valence-corrected chi connectivity index (χ3v) is 8.25. The third-order valence-electron chi connectivity index (χ3n) is 4.60. The number of fused-ring (bicyclic) bond motifs is 1. The Balaban J connectivity index is 1.72. The fraction of sp³-hybridized carbons (Fsp3) is 0.500. The number of anilines is 1. The van der Waals surface area contributed by atoms with Gasteiger partial charge in [-0.2, -0.15) is 4.99 Å². The lowest BCUT2D eigenvalue weighted by atomic mass is 10.2. The summed E-state index contributed by atoms with van der Waals surface area (Å²) in [6, 6.07) is 4.71. The monoisotopic (exact) mass is 434 g/mol. The van der Waals surface area contributed by atoms with E-state index in [1.165, 1.54) is 11.8 Å². The Kier molecular flexibility index (Phi) is 4.98. The Morgan fingerprint density at radius 1 is 1.23 bits per heavy atom. The second-order valence-corrected chi connectivity index (χ2v) is 10.8.